The Morgan fingerprint density at radius 3 is 2.57 bits per heavy atom. The molecular weight excluding hydrogens is 172 g/mol. The minimum absolute atomic E-state index is 0.761. The number of nitrogen functional groups attached to an aromatic ring is 1. The molecule has 0 aliphatic rings. The van der Waals surface area contributed by atoms with E-state index in [1.54, 1.807) is 0 Å². The maximum absolute atomic E-state index is 5.69. The Labute approximate surface area is 86.5 Å². The van der Waals surface area contributed by atoms with Crippen LogP contribution in [-0.2, 0) is 0 Å². The minimum atomic E-state index is 0.761. The number of anilines is 2. The third-order valence-electron chi connectivity index (χ3n) is 2.64. The molecule has 2 heteroatoms. The monoisotopic (exact) mass is 192 g/mol. The van der Waals surface area contributed by atoms with Crippen LogP contribution >= 0.6 is 0 Å². The molecule has 0 bridgehead atoms. The van der Waals surface area contributed by atoms with Crippen LogP contribution in [0.1, 0.15) is 26.7 Å². The quantitative estimate of drug-likeness (QED) is 0.703. The van der Waals surface area contributed by atoms with Gasteiger partial charge < -0.3 is 11.1 Å². The van der Waals surface area contributed by atoms with Crippen molar-refractivity contribution in [2.75, 3.05) is 17.6 Å². The molecule has 0 unspecified atom stereocenters. The van der Waals surface area contributed by atoms with E-state index in [2.05, 4.69) is 25.2 Å². The largest absolute Gasteiger partial charge is 0.399 e. The maximum atomic E-state index is 5.69. The third-order valence-corrected chi connectivity index (χ3v) is 2.64. The molecule has 0 aromatic heterocycles. The molecule has 0 spiro atoms. The van der Waals surface area contributed by atoms with Gasteiger partial charge in [0.2, 0.25) is 0 Å². The van der Waals surface area contributed by atoms with Crippen LogP contribution < -0.4 is 11.1 Å². The van der Waals surface area contributed by atoms with Gasteiger partial charge in [0.25, 0.3) is 0 Å². The fourth-order valence-corrected chi connectivity index (χ4v) is 1.49. The van der Waals surface area contributed by atoms with E-state index in [1.165, 1.54) is 12.8 Å². The van der Waals surface area contributed by atoms with Gasteiger partial charge in [-0.1, -0.05) is 32.8 Å². The lowest BCUT2D eigenvalue weighted by atomic mass is 10.0. The first-order chi connectivity index (χ1) is 6.76. The number of rotatable bonds is 5. The Balaban J connectivity index is 2.44. The van der Waals surface area contributed by atoms with E-state index >= 15 is 0 Å². The van der Waals surface area contributed by atoms with Crippen LogP contribution in [0.5, 0.6) is 0 Å². The Bertz CT molecular complexity index is 267. The SMILES string of the molecule is CCC(CC)CNc1cccc(N)c1. The molecule has 14 heavy (non-hydrogen) atoms. The summed E-state index contributed by atoms with van der Waals surface area (Å²) < 4.78 is 0. The van der Waals surface area contributed by atoms with Gasteiger partial charge in [-0.2, -0.15) is 0 Å². The molecule has 1 rings (SSSR count). The van der Waals surface area contributed by atoms with Crippen LogP contribution in [0.4, 0.5) is 11.4 Å². The van der Waals surface area contributed by atoms with Gasteiger partial charge in [-0.3, -0.25) is 0 Å². The smallest absolute Gasteiger partial charge is 0.0360 e. The second-order valence-electron chi connectivity index (χ2n) is 3.69. The summed E-state index contributed by atoms with van der Waals surface area (Å²) in [6.07, 6.45) is 2.46. The molecule has 0 amide bonds. The van der Waals surface area contributed by atoms with Gasteiger partial charge in [-0.15, -0.1) is 0 Å². The van der Waals surface area contributed by atoms with Crippen molar-refractivity contribution in [3.63, 3.8) is 0 Å². The van der Waals surface area contributed by atoms with Crippen LogP contribution in [0.15, 0.2) is 24.3 Å². The fraction of sp³-hybridized carbons (Fsp3) is 0.500. The highest BCUT2D eigenvalue weighted by Crippen LogP contribution is 2.14. The molecule has 0 atom stereocenters. The lowest BCUT2D eigenvalue weighted by Crippen LogP contribution is -2.12. The molecule has 0 saturated heterocycles. The Hall–Kier alpha value is -1.18. The Kier molecular flexibility index (Phi) is 4.30. The highest BCUT2D eigenvalue weighted by molar-refractivity contribution is 5.53. The van der Waals surface area contributed by atoms with Crippen molar-refractivity contribution in [2.45, 2.75) is 26.7 Å². The standard InChI is InChI=1S/C12H20N2/c1-3-10(4-2)9-14-12-7-5-6-11(13)8-12/h5-8,10,14H,3-4,9,13H2,1-2H3. The molecular formula is C12H20N2. The second kappa shape index (κ2) is 5.53. The average Bonchev–Trinajstić information content (AvgIpc) is 2.19. The van der Waals surface area contributed by atoms with Crippen LogP contribution in [0.3, 0.4) is 0 Å². The highest BCUT2D eigenvalue weighted by Gasteiger charge is 2.02. The van der Waals surface area contributed by atoms with Crippen LogP contribution in [-0.4, -0.2) is 6.54 Å². The van der Waals surface area contributed by atoms with Crippen molar-refractivity contribution in [2.24, 2.45) is 5.92 Å². The van der Waals surface area contributed by atoms with Crippen molar-refractivity contribution in [1.82, 2.24) is 0 Å². The Morgan fingerprint density at radius 2 is 2.00 bits per heavy atom. The predicted octanol–water partition coefficient (Wildman–Crippen LogP) is 3.12. The third kappa shape index (κ3) is 3.29. The van der Waals surface area contributed by atoms with E-state index in [1.807, 2.05) is 18.2 Å². The molecule has 78 valence electrons. The zero-order valence-corrected chi connectivity index (χ0v) is 9.09. The molecule has 0 heterocycles. The fourth-order valence-electron chi connectivity index (χ4n) is 1.49. The van der Waals surface area contributed by atoms with E-state index in [9.17, 15) is 0 Å². The van der Waals surface area contributed by atoms with Gasteiger partial charge in [0.15, 0.2) is 0 Å². The zero-order chi connectivity index (χ0) is 10.4. The molecule has 1 aromatic carbocycles. The Morgan fingerprint density at radius 1 is 1.29 bits per heavy atom. The highest BCUT2D eigenvalue weighted by atomic mass is 14.9. The molecule has 1 aromatic rings. The van der Waals surface area contributed by atoms with Crippen LogP contribution in [0.2, 0.25) is 0 Å². The number of nitrogens with two attached hydrogens (primary N) is 1. The van der Waals surface area contributed by atoms with Crippen molar-refractivity contribution in [3.8, 4) is 0 Å². The van der Waals surface area contributed by atoms with Gasteiger partial charge in [0, 0.05) is 17.9 Å². The topological polar surface area (TPSA) is 38.0 Å². The zero-order valence-electron chi connectivity index (χ0n) is 9.09. The summed E-state index contributed by atoms with van der Waals surface area (Å²) in [5, 5.41) is 3.41. The van der Waals surface area contributed by atoms with Gasteiger partial charge >= 0.3 is 0 Å². The predicted molar refractivity (Wildman–Crippen MR) is 63.4 cm³/mol. The first kappa shape index (κ1) is 10.9. The average molecular weight is 192 g/mol. The van der Waals surface area contributed by atoms with Crippen molar-refractivity contribution in [3.05, 3.63) is 24.3 Å². The summed E-state index contributed by atoms with van der Waals surface area (Å²) in [6, 6.07) is 7.91. The molecule has 0 aliphatic carbocycles. The summed E-state index contributed by atoms with van der Waals surface area (Å²) in [4.78, 5) is 0. The molecule has 0 saturated carbocycles. The van der Waals surface area contributed by atoms with Crippen molar-refractivity contribution in [1.29, 1.82) is 0 Å². The lowest BCUT2D eigenvalue weighted by molar-refractivity contribution is 0.519. The van der Waals surface area contributed by atoms with Gasteiger partial charge in [0.1, 0.15) is 0 Å². The summed E-state index contributed by atoms with van der Waals surface area (Å²) >= 11 is 0. The molecule has 0 aliphatic heterocycles. The van der Waals surface area contributed by atoms with Gasteiger partial charge in [-0.05, 0) is 24.1 Å². The summed E-state index contributed by atoms with van der Waals surface area (Å²) in [5.74, 6) is 0.761. The lowest BCUT2D eigenvalue weighted by Gasteiger charge is -2.14. The summed E-state index contributed by atoms with van der Waals surface area (Å²) in [7, 11) is 0. The molecule has 2 nitrogen and oxygen atoms in total. The first-order valence-electron chi connectivity index (χ1n) is 5.35. The first-order valence-corrected chi connectivity index (χ1v) is 5.35. The van der Waals surface area contributed by atoms with E-state index in [0.717, 1.165) is 23.8 Å². The summed E-state index contributed by atoms with van der Waals surface area (Å²) in [5.41, 5.74) is 7.63. The molecule has 0 radical (unpaired) electrons. The van der Waals surface area contributed by atoms with Gasteiger partial charge in [-0.25, -0.2) is 0 Å². The number of hydrogen-bond acceptors (Lipinski definition) is 2. The second-order valence-corrected chi connectivity index (χ2v) is 3.69. The molecule has 0 fully saturated rings. The van der Waals surface area contributed by atoms with Crippen molar-refractivity contribution < 1.29 is 0 Å². The van der Waals surface area contributed by atoms with Crippen LogP contribution in [0, 0.1) is 5.92 Å². The number of nitrogens with one attached hydrogen (secondary N) is 1. The van der Waals surface area contributed by atoms with E-state index in [4.69, 9.17) is 5.73 Å². The number of hydrogen-bond donors (Lipinski definition) is 2. The number of benzene rings is 1. The van der Waals surface area contributed by atoms with E-state index < -0.39 is 0 Å². The van der Waals surface area contributed by atoms with Crippen LogP contribution in [0.25, 0.3) is 0 Å². The molecule has 3 N–H and O–H groups in total. The summed E-state index contributed by atoms with van der Waals surface area (Å²) in [6.45, 7) is 5.50. The van der Waals surface area contributed by atoms with Crippen molar-refractivity contribution >= 4 is 11.4 Å². The van der Waals surface area contributed by atoms with E-state index in [-0.39, 0.29) is 0 Å². The normalized spacial score (nSPS) is 10.5. The van der Waals surface area contributed by atoms with Gasteiger partial charge in [0.05, 0.1) is 0 Å². The minimum Gasteiger partial charge on any atom is -0.399 e. The maximum Gasteiger partial charge on any atom is 0.0360 e. The van der Waals surface area contributed by atoms with E-state index in [0.29, 0.717) is 0 Å².